The molecule has 0 atom stereocenters. The van der Waals surface area contributed by atoms with Gasteiger partial charge in [-0.25, -0.2) is 9.59 Å². The summed E-state index contributed by atoms with van der Waals surface area (Å²) in [6.45, 7) is 1.09. The second-order valence-electron chi connectivity index (χ2n) is 7.41. The van der Waals surface area contributed by atoms with Crippen LogP contribution in [0.5, 0.6) is 0 Å². The van der Waals surface area contributed by atoms with Crippen molar-refractivity contribution in [2.75, 3.05) is 13.1 Å². The van der Waals surface area contributed by atoms with Gasteiger partial charge in [0.15, 0.2) is 0 Å². The molecule has 0 radical (unpaired) electrons. The number of amides is 3. The van der Waals surface area contributed by atoms with Crippen molar-refractivity contribution in [3.05, 3.63) is 35.4 Å². The van der Waals surface area contributed by atoms with E-state index < -0.39 is 5.97 Å². The van der Waals surface area contributed by atoms with E-state index in [0.29, 0.717) is 31.5 Å². The summed E-state index contributed by atoms with van der Waals surface area (Å²) in [7, 11) is 0. The number of likely N-dealkylation sites (tertiary alicyclic amines) is 1. The Morgan fingerprint density at radius 2 is 1.48 bits per heavy atom. The smallest absolute Gasteiger partial charge is 0.335 e. The van der Waals surface area contributed by atoms with Crippen LogP contribution in [0.4, 0.5) is 4.79 Å². The van der Waals surface area contributed by atoms with Crippen LogP contribution in [0, 0.1) is 0 Å². The van der Waals surface area contributed by atoms with Crippen LogP contribution in [0.1, 0.15) is 65.7 Å². The zero-order valence-corrected chi connectivity index (χ0v) is 15.4. The molecule has 2 fully saturated rings. The molecular formula is C20H27N3O4. The lowest BCUT2D eigenvalue weighted by atomic mass is 9.96. The van der Waals surface area contributed by atoms with Crippen molar-refractivity contribution < 1.29 is 19.5 Å². The number of carboxylic acids is 1. The standard InChI is InChI=1S/C20H27N3O4/c24-18(14-5-4-6-15(13-14)19(25)26)23-11-9-17(10-12-23)22-20(27)21-16-7-2-1-3-8-16/h4-6,13,16-17H,1-3,7-12H2,(H,25,26)(H2,21,22,27). The molecule has 3 rings (SSSR count). The first-order valence-electron chi connectivity index (χ1n) is 9.72. The van der Waals surface area contributed by atoms with Crippen LogP contribution in [-0.2, 0) is 0 Å². The number of hydrogen-bond donors (Lipinski definition) is 3. The monoisotopic (exact) mass is 373 g/mol. The average Bonchev–Trinajstić information content (AvgIpc) is 2.69. The second kappa shape index (κ2) is 8.88. The molecule has 1 aliphatic carbocycles. The molecule has 1 saturated carbocycles. The van der Waals surface area contributed by atoms with Crippen molar-refractivity contribution in [3.63, 3.8) is 0 Å². The predicted molar refractivity (Wildman–Crippen MR) is 101 cm³/mol. The third-order valence-corrected chi connectivity index (χ3v) is 5.41. The van der Waals surface area contributed by atoms with E-state index in [9.17, 15) is 14.4 Å². The van der Waals surface area contributed by atoms with Crippen molar-refractivity contribution in [2.45, 2.75) is 57.0 Å². The number of hydrogen-bond acceptors (Lipinski definition) is 3. The largest absolute Gasteiger partial charge is 0.478 e. The van der Waals surface area contributed by atoms with Gasteiger partial charge in [0.1, 0.15) is 0 Å². The Labute approximate surface area is 159 Å². The zero-order chi connectivity index (χ0) is 19.2. The quantitative estimate of drug-likeness (QED) is 0.755. The Hall–Kier alpha value is -2.57. The lowest BCUT2D eigenvalue weighted by Gasteiger charge is -2.33. The van der Waals surface area contributed by atoms with E-state index in [4.69, 9.17) is 5.11 Å². The molecule has 3 amide bonds. The highest BCUT2D eigenvalue weighted by Crippen LogP contribution is 2.18. The molecule has 1 saturated heterocycles. The minimum absolute atomic E-state index is 0.0583. The molecule has 1 aromatic carbocycles. The van der Waals surface area contributed by atoms with E-state index in [1.807, 2.05) is 0 Å². The Morgan fingerprint density at radius 1 is 0.889 bits per heavy atom. The van der Waals surface area contributed by atoms with Crippen molar-refractivity contribution in [3.8, 4) is 0 Å². The first-order valence-corrected chi connectivity index (χ1v) is 9.72. The molecule has 1 aromatic rings. The molecule has 3 N–H and O–H groups in total. The fraction of sp³-hybridized carbons (Fsp3) is 0.550. The molecule has 7 nitrogen and oxygen atoms in total. The molecule has 1 aliphatic heterocycles. The van der Waals surface area contributed by atoms with Crippen LogP contribution in [0.3, 0.4) is 0 Å². The van der Waals surface area contributed by atoms with Gasteiger partial charge in [-0.15, -0.1) is 0 Å². The molecule has 0 aromatic heterocycles. The number of piperidine rings is 1. The average molecular weight is 373 g/mol. The van der Waals surface area contributed by atoms with E-state index in [0.717, 1.165) is 12.8 Å². The van der Waals surface area contributed by atoms with Gasteiger partial charge in [0, 0.05) is 30.7 Å². The van der Waals surface area contributed by atoms with Gasteiger partial charge in [-0.2, -0.15) is 0 Å². The molecule has 27 heavy (non-hydrogen) atoms. The highest BCUT2D eigenvalue weighted by molar-refractivity contribution is 5.97. The van der Waals surface area contributed by atoms with E-state index >= 15 is 0 Å². The first kappa shape index (κ1) is 19.2. The summed E-state index contributed by atoms with van der Waals surface area (Å²) in [5.41, 5.74) is 0.494. The SMILES string of the molecule is O=C(NC1CCCCC1)NC1CCN(C(=O)c2cccc(C(=O)O)c2)CC1. The normalized spacial score (nSPS) is 18.7. The molecule has 146 valence electrons. The van der Waals surface area contributed by atoms with Crippen molar-refractivity contribution >= 4 is 17.9 Å². The van der Waals surface area contributed by atoms with Crippen molar-refractivity contribution in [1.29, 1.82) is 0 Å². The first-order chi connectivity index (χ1) is 13.0. The molecular weight excluding hydrogens is 346 g/mol. The summed E-state index contributed by atoms with van der Waals surface area (Å²) in [6.07, 6.45) is 7.10. The summed E-state index contributed by atoms with van der Waals surface area (Å²) in [6, 6.07) is 6.33. The minimum Gasteiger partial charge on any atom is -0.478 e. The number of nitrogens with one attached hydrogen (secondary N) is 2. The lowest BCUT2D eigenvalue weighted by molar-refractivity contribution is 0.0697. The highest BCUT2D eigenvalue weighted by Gasteiger charge is 2.25. The van der Waals surface area contributed by atoms with Crippen molar-refractivity contribution in [1.82, 2.24) is 15.5 Å². The number of benzene rings is 1. The lowest BCUT2D eigenvalue weighted by Crippen LogP contribution is -2.51. The molecule has 0 spiro atoms. The minimum atomic E-state index is -1.04. The summed E-state index contributed by atoms with van der Waals surface area (Å²) in [5, 5.41) is 15.1. The maximum Gasteiger partial charge on any atom is 0.335 e. The fourth-order valence-corrected chi connectivity index (χ4v) is 3.85. The van der Waals surface area contributed by atoms with E-state index in [-0.39, 0.29) is 29.6 Å². The van der Waals surface area contributed by atoms with Gasteiger partial charge in [-0.3, -0.25) is 4.79 Å². The third-order valence-electron chi connectivity index (χ3n) is 5.41. The van der Waals surface area contributed by atoms with Gasteiger partial charge in [0.2, 0.25) is 0 Å². The van der Waals surface area contributed by atoms with Gasteiger partial charge in [-0.05, 0) is 43.9 Å². The fourth-order valence-electron chi connectivity index (χ4n) is 3.85. The Bertz CT molecular complexity index is 692. The highest BCUT2D eigenvalue weighted by atomic mass is 16.4. The number of nitrogens with zero attached hydrogens (tertiary/aromatic N) is 1. The number of rotatable bonds is 4. The number of carboxylic acid groups (broad SMARTS) is 1. The van der Waals surface area contributed by atoms with Gasteiger partial charge < -0.3 is 20.6 Å². The topological polar surface area (TPSA) is 98.7 Å². The van der Waals surface area contributed by atoms with Crippen LogP contribution >= 0.6 is 0 Å². The number of carbonyl (C=O) groups excluding carboxylic acids is 2. The van der Waals surface area contributed by atoms with Gasteiger partial charge >= 0.3 is 12.0 Å². The van der Waals surface area contributed by atoms with Gasteiger partial charge in [0.05, 0.1) is 5.56 Å². The van der Waals surface area contributed by atoms with Gasteiger partial charge in [0.25, 0.3) is 5.91 Å². The summed E-state index contributed by atoms with van der Waals surface area (Å²) < 4.78 is 0. The molecule has 7 heteroatoms. The summed E-state index contributed by atoms with van der Waals surface area (Å²) >= 11 is 0. The van der Waals surface area contributed by atoms with Crippen LogP contribution in [0.25, 0.3) is 0 Å². The zero-order valence-electron chi connectivity index (χ0n) is 15.4. The maximum atomic E-state index is 12.6. The van der Waals surface area contributed by atoms with E-state index in [1.165, 1.54) is 31.4 Å². The molecule has 1 heterocycles. The number of carbonyl (C=O) groups is 3. The number of urea groups is 1. The van der Waals surface area contributed by atoms with Crippen LogP contribution in [0.15, 0.2) is 24.3 Å². The van der Waals surface area contributed by atoms with Crippen LogP contribution in [0.2, 0.25) is 0 Å². The van der Waals surface area contributed by atoms with Crippen molar-refractivity contribution in [2.24, 2.45) is 0 Å². The Morgan fingerprint density at radius 3 is 2.11 bits per heavy atom. The van der Waals surface area contributed by atoms with Crippen LogP contribution in [-0.4, -0.2) is 53.1 Å². The Kier molecular flexibility index (Phi) is 6.32. The third kappa shape index (κ3) is 5.21. The summed E-state index contributed by atoms with van der Waals surface area (Å²) in [5.74, 6) is -1.21. The van der Waals surface area contributed by atoms with Crippen LogP contribution < -0.4 is 10.6 Å². The molecule has 2 aliphatic rings. The number of aromatic carboxylic acids is 1. The van der Waals surface area contributed by atoms with E-state index in [1.54, 1.807) is 17.0 Å². The molecule has 0 bridgehead atoms. The Balaban J connectivity index is 1.46. The summed E-state index contributed by atoms with van der Waals surface area (Å²) in [4.78, 5) is 37.5. The predicted octanol–water partition coefficient (Wildman–Crippen LogP) is 2.62. The second-order valence-corrected chi connectivity index (χ2v) is 7.41. The maximum absolute atomic E-state index is 12.6. The van der Waals surface area contributed by atoms with E-state index in [2.05, 4.69) is 10.6 Å². The molecule has 0 unspecified atom stereocenters. The van der Waals surface area contributed by atoms with Gasteiger partial charge in [-0.1, -0.05) is 25.3 Å².